The van der Waals surface area contributed by atoms with Gasteiger partial charge in [0.05, 0.1) is 16.0 Å². The molecule has 7 heteroatoms. The van der Waals surface area contributed by atoms with Crippen molar-refractivity contribution in [3.8, 4) is 11.8 Å². The number of nitrogens with zero attached hydrogens (tertiary/aromatic N) is 1. The zero-order valence-electron chi connectivity index (χ0n) is 13.9. The van der Waals surface area contributed by atoms with Crippen LogP contribution in [-0.4, -0.2) is 34.9 Å². The second-order valence-corrected chi connectivity index (χ2v) is 7.99. The summed E-state index contributed by atoms with van der Waals surface area (Å²) in [5, 5.41) is 12.3. The van der Waals surface area contributed by atoms with Gasteiger partial charge >= 0.3 is 0 Å². The zero-order valence-corrected chi connectivity index (χ0v) is 15.6. The van der Waals surface area contributed by atoms with Gasteiger partial charge in [-0.3, -0.25) is 4.55 Å². The molecule has 1 atom stereocenters. The Bertz CT molecular complexity index is 1030. The van der Waals surface area contributed by atoms with Gasteiger partial charge in [0.1, 0.15) is 6.10 Å². The summed E-state index contributed by atoms with van der Waals surface area (Å²) in [6.45, 7) is 3.34. The highest BCUT2D eigenvalue weighted by atomic mass is 32.2. The Morgan fingerprint density at radius 1 is 1.24 bits per heavy atom. The predicted octanol–water partition coefficient (Wildman–Crippen LogP) is 3.47. The van der Waals surface area contributed by atoms with Crippen LogP contribution in [0.4, 0.5) is 0 Å². The number of benzene rings is 2. The van der Waals surface area contributed by atoms with Crippen LogP contribution in [0.2, 0.25) is 0 Å². The molecule has 0 aliphatic heterocycles. The van der Waals surface area contributed by atoms with Crippen molar-refractivity contribution in [1.29, 1.82) is 0 Å². The largest absolute Gasteiger partial charge is 0.381 e. The molecule has 0 radical (unpaired) electrons. The van der Waals surface area contributed by atoms with Crippen molar-refractivity contribution in [3.05, 3.63) is 41.4 Å². The summed E-state index contributed by atoms with van der Waals surface area (Å²) in [5.74, 6) is 5.50. The highest BCUT2D eigenvalue weighted by Crippen LogP contribution is 2.28. The van der Waals surface area contributed by atoms with Gasteiger partial charge in [-0.1, -0.05) is 43.2 Å². The molecule has 1 unspecified atom stereocenters. The first-order chi connectivity index (χ1) is 11.8. The Labute approximate surface area is 151 Å². The number of aromatic nitrogens is 1. The first kappa shape index (κ1) is 19.3. The number of thiazole rings is 1. The van der Waals surface area contributed by atoms with Gasteiger partial charge in [0.15, 0.2) is 5.01 Å². The van der Waals surface area contributed by atoms with Crippen LogP contribution in [0.15, 0.2) is 36.4 Å². The van der Waals surface area contributed by atoms with Gasteiger partial charge in [0.2, 0.25) is 0 Å². The molecular formula is C18H19NO4S2. The summed E-state index contributed by atoms with van der Waals surface area (Å²) in [6, 6.07) is 12.4. The molecule has 0 amide bonds. The Balaban J connectivity index is 0.000000277. The molecule has 1 heterocycles. The third-order valence-electron chi connectivity index (χ3n) is 3.13. The summed E-state index contributed by atoms with van der Waals surface area (Å²) < 4.78 is 28.7. The van der Waals surface area contributed by atoms with Crippen molar-refractivity contribution in [2.45, 2.75) is 26.4 Å². The third kappa shape index (κ3) is 5.80. The molecule has 0 bridgehead atoms. The van der Waals surface area contributed by atoms with Crippen LogP contribution in [0, 0.1) is 11.8 Å². The Kier molecular flexibility index (Phi) is 6.51. The van der Waals surface area contributed by atoms with Gasteiger partial charge in [-0.15, -0.1) is 11.3 Å². The van der Waals surface area contributed by atoms with Crippen molar-refractivity contribution >= 4 is 42.4 Å². The van der Waals surface area contributed by atoms with Gasteiger partial charge in [0, 0.05) is 5.39 Å². The van der Waals surface area contributed by atoms with E-state index in [4.69, 9.17) is 9.66 Å². The molecular weight excluding hydrogens is 358 g/mol. The highest BCUT2D eigenvalue weighted by Gasteiger charge is 2.05. The molecule has 0 saturated heterocycles. The summed E-state index contributed by atoms with van der Waals surface area (Å²) in [4.78, 5) is 4.55. The second-order valence-electron chi connectivity index (χ2n) is 5.38. The fourth-order valence-corrected chi connectivity index (χ4v) is 3.50. The Hall–Kier alpha value is -1.98. The third-order valence-corrected chi connectivity index (χ3v) is 4.99. The number of rotatable bonds is 2. The molecule has 25 heavy (non-hydrogen) atoms. The highest BCUT2D eigenvalue weighted by molar-refractivity contribution is 7.85. The van der Waals surface area contributed by atoms with E-state index in [1.54, 1.807) is 25.2 Å². The molecule has 132 valence electrons. The lowest BCUT2D eigenvalue weighted by molar-refractivity contribution is 0.253. The van der Waals surface area contributed by atoms with Crippen LogP contribution in [0.5, 0.6) is 0 Å². The smallest absolute Gasteiger partial charge is 0.264 e. The molecule has 2 aromatic carbocycles. The molecule has 0 spiro atoms. The maximum Gasteiger partial charge on any atom is 0.264 e. The molecule has 0 aliphatic carbocycles. The van der Waals surface area contributed by atoms with Crippen LogP contribution in [0.1, 0.15) is 25.3 Å². The van der Waals surface area contributed by atoms with Gasteiger partial charge in [-0.2, -0.15) is 8.42 Å². The molecule has 3 aromatic rings. The molecule has 2 N–H and O–H groups in total. The first-order valence-electron chi connectivity index (χ1n) is 7.73. The minimum absolute atomic E-state index is 0.132. The zero-order chi connectivity index (χ0) is 18.4. The van der Waals surface area contributed by atoms with E-state index in [-0.39, 0.29) is 5.75 Å². The fraction of sp³-hybridized carbons (Fsp3) is 0.278. The van der Waals surface area contributed by atoms with E-state index in [1.807, 2.05) is 12.1 Å². The molecule has 1 aromatic heterocycles. The van der Waals surface area contributed by atoms with Gasteiger partial charge in [0.25, 0.3) is 10.1 Å². The summed E-state index contributed by atoms with van der Waals surface area (Å²) in [5.41, 5.74) is 0.994. The molecule has 5 nitrogen and oxygen atoms in total. The van der Waals surface area contributed by atoms with Crippen molar-refractivity contribution in [2.24, 2.45) is 0 Å². The number of hydrogen-bond acceptors (Lipinski definition) is 5. The second kappa shape index (κ2) is 8.41. The molecule has 3 rings (SSSR count). The number of fused-ring (bicyclic) bond motifs is 3. The minimum Gasteiger partial charge on any atom is -0.381 e. The van der Waals surface area contributed by atoms with Gasteiger partial charge in [-0.05, 0) is 30.7 Å². The number of aliphatic hydroxyl groups excluding tert-OH is 1. The maximum absolute atomic E-state index is 9.79. The van der Waals surface area contributed by atoms with E-state index in [2.05, 4.69) is 41.1 Å². The summed E-state index contributed by atoms with van der Waals surface area (Å²) in [7, 11) is -3.67. The average molecular weight is 377 g/mol. The van der Waals surface area contributed by atoms with Crippen LogP contribution in [0.25, 0.3) is 21.0 Å². The van der Waals surface area contributed by atoms with Crippen LogP contribution in [-0.2, 0) is 10.1 Å². The van der Waals surface area contributed by atoms with E-state index in [0.717, 1.165) is 20.6 Å². The number of aliphatic hydroxyl groups is 1. The molecule has 0 fully saturated rings. The fourth-order valence-electron chi connectivity index (χ4n) is 2.14. The van der Waals surface area contributed by atoms with E-state index in [0.29, 0.717) is 6.42 Å². The van der Waals surface area contributed by atoms with Crippen LogP contribution < -0.4 is 0 Å². The first-order valence-corrected chi connectivity index (χ1v) is 10.2. The van der Waals surface area contributed by atoms with E-state index in [9.17, 15) is 8.42 Å². The minimum atomic E-state index is -3.67. The SMILES string of the molecule is CC(O)C#Cc1nc2c(ccc3ccccc32)s1.CCCS(=O)(=O)O. The van der Waals surface area contributed by atoms with Crippen LogP contribution in [0.3, 0.4) is 0 Å². The lowest BCUT2D eigenvalue weighted by Gasteiger charge is -1.96. The van der Waals surface area contributed by atoms with Crippen LogP contribution >= 0.6 is 11.3 Å². The monoisotopic (exact) mass is 377 g/mol. The van der Waals surface area contributed by atoms with E-state index < -0.39 is 16.2 Å². The van der Waals surface area contributed by atoms with Gasteiger partial charge < -0.3 is 5.11 Å². The maximum atomic E-state index is 9.79. The normalized spacial score (nSPS) is 12.2. The van der Waals surface area contributed by atoms with Crippen molar-refractivity contribution in [3.63, 3.8) is 0 Å². The lowest BCUT2D eigenvalue weighted by atomic mass is 10.1. The average Bonchev–Trinajstić information content (AvgIpc) is 2.96. The summed E-state index contributed by atoms with van der Waals surface area (Å²) in [6.07, 6.45) is -0.146. The van der Waals surface area contributed by atoms with E-state index in [1.165, 1.54) is 5.39 Å². The van der Waals surface area contributed by atoms with Crippen molar-refractivity contribution in [2.75, 3.05) is 5.75 Å². The van der Waals surface area contributed by atoms with E-state index >= 15 is 0 Å². The Morgan fingerprint density at radius 3 is 2.56 bits per heavy atom. The molecule has 0 aliphatic rings. The number of hydrogen-bond donors (Lipinski definition) is 2. The standard InChI is InChI=1S/C15H11NOS.C3H8O3S/c1-10(17)6-9-14-16-15-12-5-3-2-4-11(12)7-8-13(15)18-14;1-2-3-7(4,5)6/h2-5,7-8,10,17H,1H3;2-3H2,1H3,(H,4,5,6). The lowest BCUT2D eigenvalue weighted by Crippen LogP contribution is -2.01. The Morgan fingerprint density at radius 2 is 1.96 bits per heavy atom. The topological polar surface area (TPSA) is 87.5 Å². The van der Waals surface area contributed by atoms with Gasteiger partial charge in [-0.25, -0.2) is 4.98 Å². The van der Waals surface area contributed by atoms with Crippen molar-refractivity contribution < 1.29 is 18.1 Å². The quantitative estimate of drug-likeness (QED) is 0.527. The molecule has 0 saturated carbocycles. The summed E-state index contributed by atoms with van der Waals surface area (Å²) >= 11 is 1.56. The predicted molar refractivity (Wildman–Crippen MR) is 102 cm³/mol. The van der Waals surface area contributed by atoms with Crippen molar-refractivity contribution in [1.82, 2.24) is 4.98 Å².